The van der Waals surface area contributed by atoms with Crippen molar-refractivity contribution < 1.29 is 14.6 Å². The molecule has 98 valence electrons. The first-order chi connectivity index (χ1) is 9.15. The van der Waals surface area contributed by atoms with Gasteiger partial charge in [0.05, 0.1) is 6.42 Å². The third kappa shape index (κ3) is 3.85. The summed E-state index contributed by atoms with van der Waals surface area (Å²) in [7, 11) is 0. The average molecular weight is 256 g/mol. The first-order valence-electron chi connectivity index (χ1n) is 6.20. The number of hydrogen-bond donors (Lipinski definition) is 1. The van der Waals surface area contributed by atoms with E-state index in [1.807, 2.05) is 37.3 Å². The van der Waals surface area contributed by atoms with Crippen molar-refractivity contribution in [3.63, 3.8) is 0 Å². The highest BCUT2D eigenvalue weighted by Crippen LogP contribution is 2.22. The number of para-hydroxylation sites is 1. The number of ether oxygens (including phenoxy) is 1. The maximum Gasteiger partial charge on any atom is 0.311 e. The summed E-state index contributed by atoms with van der Waals surface area (Å²) < 4.78 is 5.24. The van der Waals surface area contributed by atoms with Gasteiger partial charge >= 0.3 is 5.97 Å². The van der Waals surface area contributed by atoms with Crippen LogP contribution in [0.5, 0.6) is 11.5 Å². The summed E-state index contributed by atoms with van der Waals surface area (Å²) >= 11 is 0. The Morgan fingerprint density at radius 1 is 1.11 bits per heavy atom. The first kappa shape index (κ1) is 13.1. The molecule has 0 radical (unpaired) electrons. The summed E-state index contributed by atoms with van der Waals surface area (Å²) in [5.41, 5.74) is 1.00. The zero-order valence-electron chi connectivity index (χ0n) is 10.7. The van der Waals surface area contributed by atoms with E-state index in [0.717, 1.165) is 5.56 Å². The van der Waals surface area contributed by atoms with Crippen LogP contribution in [-0.4, -0.2) is 11.1 Å². The highest BCUT2D eigenvalue weighted by Gasteiger charge is 2.13. The molecule has 0 aliphatic heterocycles. The van der Waals surface area contributed by atoms with Gasteiger partial charge in [-0.2, -0.15) is 0 Å². The van der Waals surface area contributed by atoms with E-state index in [1.165, 1.54) is 0 Å². The molecular weight excluding hydrogens is 240 g/mol. The summed E-state index contributed by atoms with van der Waals surface area (Å²) in [5.74, 6) is 0.580. The molecule has 2 aromatic carbocycles. The van der Waals surface area contributed by atoms with Gasteiger partial charge in [0.1, 0.15) is 11.5 Å². The largest absolute Gasteiger partial charge is 0.508 e. The molecule has 3 heteroatoms. The van der Waals surface area contributed by atoms with E-state index in [0.29, 0.717) is 12.2 Å². The third-order valence-corrected chi connectivity index (χ3v) is 2.91. The van der Waals surface area contributed by atoms with E-state index >= 15 is 0 Å². The molecule has 0 spiro atoms. The smallest absolute Gasteiger partial charge is 0.311 e. The Kier molecular flexibility index (Phi) is 4.18. The van der Waals surface area contributed by atoms with Gasteiger partial charge in [0.2, 0.25) is 0 Å². The predicted molar refractivity (Wildman–Crippen MR) is 73.2 cm³/mol. The zero-order valence-corrected chi connectivity index (χ0v) is 10.7. The van der Waals surface area contributed by atoms with Crippen molar-refractivity contribution in [2.24, 2.45) is 0 Å². The summed E-state index contributed by atoms with van der Waals surface area (Å²) in [4.78, 5) is 11.8. The second-order valence-electron chi connectivity index (χ2n) is 4.48. The molecule has 1 unspecified atom stereocenters. The van der Waals surface area contributed by atoms with E-state index in [1.54, 1.807) is 24.3 Å². The van der Waals surface area contributed by atoms with E-state index in [-0.39, 0.29) is 17.6 Å². The molecule has 0 amide bonds. The number of hydrogen-bond acceptors (Lipinski definition) is 3. The molecule has 1 N–H and O–H groups in total. The number of aromatic hydroxyl groups is 1. The Hall–Kier alpha value is -2.29. The van der Waals surface area contributed by atoms with Crippen molar-refractivity contribution in [2.75, 3.05) is 0 Å². The van der Waals surface area contributed by atoms with Crippen molar-refractivity contribution >= 4 is 5.97 Å². The Morgan fingerprint density at radius 3 is 2.37 bits per heavy atom. The zero-order chi connectivity index (χ0) is 13.7. The monoisotopic (exact) mass is 256 g/mol. The van der Waals surface area contributed by atoms with Gasteiger partial charge in [0.15, 0.2) is 0 Å². The number of phenols is 1. The Labute approximate surface area is 112 Å². The van der Waals surface area contributed by atoms with E-state index < -0.39 is 0 Å². The summed E-state index contributed by atoms with van der Waals surface area (Å²) in [5, 5.41) is 9.22. The lowest BCUT2D eigenvalue weighted by atomic mass is 9.98. The van der Waals surface area contributed by atoms with Crippen LogP contribution in [0.25, 0.3) is 0 Å². The van der Waals surface area contributed by atoms with Crippen LogP contribution < -0.4 is 4.74 Å². The fourth-order valence-corrected chi connectivity index (χ4v) is 1.83. The molecule has 0 aliphatic carbocycles. The summed E-state index contributed by atoms with van der Waals surface area (Å²) in [6, 6.07) is 15.9. The molecule has 0 bridgehead atoms. The molecule has 0 fully saturated rings. The molecular formula is C16H16O3. The molecule has 0 aliphatic rings. The number of carbonyl (C=O) groups is 1. The molecule has 0 aromatic heterocycles. The minimum Gasteiger partial charge on any atom is -0.508 e. The van der Waals surface area contributed by atoms with Crippen LogP contribution >= 0.6 is 0 Å². The van der Waals surface area contributed by atoms with Gasteiger partial charge in [-0.25, -0.2) is 0 Å². The fourth-order valence-electron chi connectivity index (χ4n) is 1.83. The number of benzene rings is 2. The predicted octanol–water partition coefficient (Wildman–Crippen LogP) is 3.49. The van der Waals surface area contributed by atoms with Gasteiger partial charge in [-0.3, -0.25) is 4.79 Å². The molecule has 0 saturated carbocycles. The highest BCUT2D eigenvalue weighted by atomic mass is 16.5. The maximum atomic E-state index is 11.8. The van der Waals surface area contributed by atoms with Crippen molar-refractivity contribution in [2.45, 2.75) is 19.3 Å². The van der Waals surface area contributed by atoms with Gasteiger partial charge < -0.3 is 9.84 Å². The molecule has 1 atom stereocenters. The lowest BCUT2D eigenvalue weighted by Gasteiger charge is -2.11. The van der Waals surface area contributed by atoms with Gasteiger partial charge in [0, 0.05) is 0 Å². The average Bonchev–Trinajstić information content (AvgIpc) is 2.40. The normalized spacial score (nSPS) is 11.8. The highest BCUT2D eigenvalue weighted by molar-refractivity contribution is 5.73. The minimum atomic E-state index is -0.258. The van der Waals surface area contributed by atoms with Crippen LogP contribution in [0, 0.1) is 0 Å². The SMILES string of the molecule is CC(CC(=O)Oc1ccccc1)c1ccc(O)cc1. The second-order valence-corrected chi connectivity index (χ2v) is 4.48. The molecule has 0 heterocycles. The van der Waals surface area contributed by atoms with Crippen LogP contribution in [-0.2, 0) is 4.79 Å². The van der Waals surface area contributed by atoms with Gasteiger partial charge in [-0.1, -0.05) is 37.3 Å². The molecule has 2 aromatic rings. The van der Waals surface area contributed by atoms with Gasteiger partial charge in [-0.05, 0) is 35.7 Å². The van der Waals surface area contributed by atoms with Crippen molar-refractivity contribution in [1.82, 2.24) is 0 Å². The van der Waals surface area contributed by atoms with E-state index in [2.05, 4.69) is 0 Å². The van der Waals surface area contributed by atoms with Crippen LogP contribution in [0.3, 0.4) is 0 Å². The molecule has 19 heavy (non-hydrogen) atoms. The van der Waals surface area contributed by atoms with E-state index in [4.69, 9.17) is 4.74 Å². The number of phenolic OH excluding ortho intramolecular Hbond substituents is 1. The molecule has 3 nitrogen and oxygen atoms in total. The third-order valence-electron chi connectivity index (χ3n) is 2.91. The Bertz CT molecular complexity index is 532. The number of rotatable bonds is 4. The first-order valence-corrected chi connectivity index (χ1v) is 6.20. The Morgan fingerprint density at radius 2 is 1.74 bits per heavy atom. The quantitative estimate of drug-likeness (QED) is 0.672. The van der Waals surface area contributed by atoms with Crippen LogP contribution in [0.4, 0.5) is 0 Å². The van der Waals surface area contributed by atoms with E-state index in [9.17, 15) is 9.90 Å². The van der Waals surface area contributed by atoms with Crippen molar-refractivity contribution in [1.29, 1.82) is 0 Å². The molecule has 0 saturated heterocycles. The summed E-state index contributed by atoms with van der Waals surface area (Å²) in [6.45, 7) is 1.96. The summed E-state index contributed by atoms with van der Waals surface area (Å²) in [6.07, 6.45) is 0.305. The van der Waals surface area contributed by atoms with Gasteiger partial charge in [-0.15, -0.1) is 0 Å². The van der Waals surface area contributed by atoms with Crippen molar-refractivity contribution in [3.05, 3.63) is 60.2 Å². The fraction of sp³-hybridized carbons (Fsp3) is 0.188. The number of esters is 1. The second kappa shape index (κ2) is 6.05. The van der Waals surface area contributed by atoms with Crippen LogP contribution in [0.15, 0.2) is 54.6 Å². The van der Waals surface area contributed by atoms with Crippen LogP contribution in [0.2, 0.25) is 0 Å². The minimum absolute atomic E-state index is 0.0526. The lowest BCUT2D eigenvalue weighted by molar-refractivity contribution is -0.134. The lowest BCUT2D eigenvalue weighted by Crippen LogP contribution is -2.11. The molecule has 2 rings (SSSR count). The van der Waals surface area contributed by atoms with Crippen molar-refractivity contribution in [3.8, 4) is 11.5 Å². The van der Waals surface area contributed by atoms with Gasteiger partial charge in [0.25, 0.3) is 0 Å². The number of carbonyl (C=O) groups excluding carboxylic acids is 1. The topological polar surface area (TPSA) is 46.5 Å². The van der Waals surface area contributed by atoms with Crippen LogP contribution in [0.1, 0.15) is 24.8 Å². The Balaban J connectivity index is 1.93. The standard InChI is InChI=1S/C16H16O3/c1-12(13-7-9-14(17)10-8-13)11-16(18)19-15-5-3-2-4-6-15/h2-10,12,17H,11H2,1H3. The maximum absolute atomic E-state index is 11.8.